The van der Waals surface area contributed by atoms with Gasteiger partial charge in [0.25, 0.3) is 0 Å². The van der Waals surface area contributed by atoms with Gasteiger partial charge in [0, 0.05) is 6.42 Å². The number of carbonyl (C=O) groups excluding carboxylic acids is 2. The number of sulfone groups is 1. The minimum atomic E-state index is -3.97. The summed E-state index contributed by atoms with van der Waals surface area (Å²) in [4.78, 5) is 23.2. The van der Waals surface area contributed by atoms with E-state index >= 15 is 0 Å². The van der Waals surface area contributed by atoms with Crippen LogP contribution in [-0.2, 0) is 19.4 Å². The van der Waals surface area contributed by atoms with Crippen molar-refractivity contribution >= 4 is 21.7 Å². The molecule has 0 spiro atoms. The fourth-order valence-corrected chi connectivity index (χ4v) is 4.23. The molecular formula is C18H19NO7S. The number of rotatable bonds is 7. The molecule has 8 nitrogen and oxygen atoms in total. The molecule has 27 heavy (non-hydrogen) atoms. The number of hydrogen-bond acceptors (Lipinski definition) is 7. The normalized spacial score (nSPS) is 12.1. The second kappa shape index (κ2) is 8.65. The lowest BCUT2D eigenvalue weighted by Gasteiger charge is -2.18. The summed E-state index contributed by atoms with van der Waals surface area (Å²) in [7, 11) is -1.27. The van der Waals surface area contributed by atoms with Crippen molar-refractivity contribution in [1.29, 1.82) is 0 Å². The quantitative estimate of drug-likeness (QED) is 0.419. The predicted molar refractivity (Wildman–Crippen MR) is 95.2 cm³/mol. The molecule has 0 aliphatic rings. The number of hydroxylamine groups is 1. The molecule has 0 bridgehead atoms. The average Bonchev–Trinajstić information content (AvgIpc) is 2.71. The Labute approximate surface area is 156 Å². The third-order valence-corrected chi connectivity index (χ3v) is 6.08. The smallest absolute Gasteiger partial charge is 0.337 e. The number of ether oxygens (including phenoxy) is 2. The van der Waals surface area contributed by atoms with E-state index in [1.54, 1.807) is 0 Å². The van der Waals surface area contributed by atoms with Crippen molar-refractivity contribution in [1.82, 2.24) is 5.48 Å². The zero-order valence-electron chi connectivity index (χ0n) is 14.7. The molecule has 0 heterocycles. The van der Waals surface area contributed by atoms with Crippen molar-refractivity contribution in [3.8, 4) is 5.75 Å². The highest BCUT2D eigenvalue weighted by molar-refractivity contribution is 7.91. The maximum Gasteiger partial charge on any atom is 0.337 e. The van der Waals surface area contributed by atoms with E-state index in [2.05, 4.69) is 4.74 Å². The van der Waals surface area contributed by atoms with Crippen molar-refractivity contribution in [2.75, 3.05) is 14.2 Å². The summed E-state index contributed by atoms with van der Waals surface area (Å²) in [6.45, 7) is 0. The largest absolute Gasteiger partial charge is 0.497 e. The van der Waals surface area contributed by atoms with Gasteiger partial charge in [-0.2, -0.15) is 0 Å². The topological polar surface area (TPSA) is 119 Å². The molecule has 1 atom stereocenters. The molecule has 2 rings (SSSR count). The van der Waals surface area contributed by atoms with Crippen LogP contribution in [0.5, 0.6) is 5.75 Å². The number of esters is 1. The predicted octanol–water partition coefficient (Wildman–Crippen LogP) is 1.89. The SMILES string of the molecule is COC(=O)c1ccc(C(CC(=O)NO)S(=O)(=O)c2ccc(OC)cc2)cc1. The Bertz CT molecular complexity index is 906. The molecule has 1 amide bonds. The Morgan fingerprint density at radius 3 is 2.11 bits per heavy atom. The molecule has 2 aromatic carbocycles. The summed E-state index contributed by atoms with van der Waals surface area (Å²) in [6.07, 6.45) is -0.498. The van der Waals surface area contributed by atoms with E-state index in [1.165, 1.54) is 68.2 Å². The first-order chi connectivity index (χ1) is 12.8. The fourth-order valence-electron chi connectivity index (χ4n) is 2.50. The lowest BCUT2D eigenvalue weighted by molar-refractivity contribution is -0.129. The number of benzene rings is 2. The highest BCUT2D eigenvalue weighted by Gasteiger charge is 2.31. The standard InChI is InChI=1S/C18H19NO7S/c1-25-14-7-9-15(10-8-14)27(23,24)16(11-17(20)19-22)12-3-5-13(6-4-12)18(21)26-2/h3-10,16,22H,11H2,1-2H3,(H,19,20). The van der Waals surface area contributed by atoms with Crippen molar-refractivity contribution in [3.63, 3.8) is 0 Å². The second-order valence-corrected chi connectivity index (χ2v) is 7.69. The number of methoxy groups -OCH3 is 2. The monoisotopic (exact) mass is 393 g/mol. The van der Waals surface area contributed by atoms with Crippen LogP contribution in [0.15, 0.2) is 53.4 Å². The first kappa shape index (κ1) is 20.4. The van der Waals surface area contributed by atoms with E-state index in [1.807, 2.05) is 0 Å². The average molecular weight is 393 g/mol. The zero-order valence-corrected chi connectivity index (χ0v) is 15.5. The summed E-state index contributed by atoms with van der Waals surface area (Å²) < 4.78 is 35.8. The van der Waals surface area contributed by atoms with E-state index in [-0.39, 0.29) is 10.5 Å². The Morgan fingerprint density at radius 1 is 1.04 bits per heavy atom. The van der Waals surface area contributed by atoms with Crippen LogP contribution < -0.4 is 10.2 Å². The van der Waals surface area contributed by atoms with Gasteiger partial charge >= 0.3 is 5.97 Å². The van der Waals surface area contributed by atoms with Crippen LogP contribution in [0.25, 0.3) is 0 Å². The first-order valence-electron chi connectivity index (χ1n) is 7.82. The highest BCUT2D eigenvalue weighted by Crippen LogP contribution is 2.33. The minimum Gasteiger partial charge on any atom is -0.497 e. The van der Waals surface area contributed by atoms with E-state index in [4.69, 9.17) is 9.94 Å². The molecule has 0 fully saturated rings. The lowest BCUT2D eigenvalue weighted by atomic mass is 10.1. The Morgan fingerprint density at radius 2 is 1.63 bits per heavy atom. The van der Waals surface area contributed by atoms with Gasteiger partial charge in [-0.1, -0.05) is 12.1 Å². The summed E-state index contributed by atoms with van der Waals surface area (Å²) >= 11 is 0. The highest BCUT2D eigenvalue weighted by atomic mass is 32.2. The third-order valence-electron chi connectivity index (χ3n) is 3.96. The van der Waals surface area contributed by atoms with E-state index in [0.717, 1.165) is 0 Å². The summed E-state index contributed by atoms with van der Waals surface area (Å²) in [5, 5.41) is 7.55. The molecular weight excluding hydrogens is 374 g/mol. The number of hydrogen-bond donors (Lipinski definition) is 2. The van der Waals surface area contributed by atoms with Crippen molar-refractivity contribution in [2.45, 2.75) is 16.6 Å². The molecule has 0 saturated heterocycles. The van der Waals surface area contributed by atoms with Crippen LogP contribution in [0.4, 0.5) is 0 Å². The van der Waals surface area contributed by atoms with Crippen molar-refractivity contribution < 1.29 is 32.7 Å². The first-order valence-corrected chi connectivity index (χ1v) is 9.37. The van der Waals surface area contributed by atoms with Gasteiger partial charge < -0.3 is 9.47 Å². The number of amides is 1. The van der Waals surface area contributed by atoms with Crippen LogP contribution >= 0.6 is 0 Å². The molecule has 2 aromatic rings. The number of nitrogens with one attached hydrogen (secondary N) is 1. The molecule has 2 N–H and O–H groups in total. The Balaban J connectivity index is 2.46. The van der Waals surface area contributed by atoms with Gasteiger partial charge in [0.2, 0.25) is 5.91 Å². The van der Waals surface area contributed by atoms with Crippen molar-refractivity contribution in [3.05, 3.63) is 59.7 Å². The van der Waals surface area contributed by atoms with Gasteiger partial charge in [0.05, 0.1) is 29.9 Å². The van der Waals surface area contributed by atoms with E-state index in [9.17, 15) is 18.0 Å². The van der Waals surface area contributed by atoms with Crippen LogP contribution in [0.2, 0.25) is 0 Å². The summed E-state index contributed by atoms with van der Waals surface area (Å²) in [5.74, 6) is -0.931. The Kier molecular flexibility index (Phi) is 6.54. The van der Waals surface area contributed by atoms with Crippen LogP contribution in [0.3, 0.4) is 0 Å². The molecule has 0 saturated carbocycles. The molecule has 9 heteroatoms. The molecule has 0 aromatic heterocycles. The molecule has 0 aliphatic heterocycles. The molecule has 144 valence electrons. The molecule has 0 radical (unpaired) electrons. The van der Waals surface area contributed by atoms with Gasteiger partial charge in [-0.05, 0) is 42.0 Å². The minimum absolute atomic E-state index is 0.00363. The van der Waals surface area contributed by atoms with Crippen LogP contribution in [0.1, 0.15) is 27.6 Å². The van der Waals surface area contributed by atoms with Gasteiger partial charge in [-0.25, -0.2) is 18.7 Å². The maximum atomic E-state index is 13.1. The summed E-state index contributed by atoms with van der Waals surface area (Å²) in [5.41, 5.74) is 1.99. The van der Waals surface area contributed by atoms with E-state index < -0.39 is 33.4 Å². The lowest BCUT2D eigenvalue weighted by Crippen LogP contribution is -2.25. The molecule has 1 unspecified atom stereocenters. The van der Waals surface area contributed by atoms with E-state index in [0.29, 0.717) is 11.3 Å². The van der Waals surface area contributed by atoms with Gasteiger partial charge in [-0.3, -0.25) is 10.0 Å². The molecule has 0 aliphatic carbocycles. The van der Waals surface area contributed by atoms with Gasteiger partial charge in [0.1, 0.15) is 5.75 Å². The Hall–Kier alpha value is -2.91. The van der Waals surface area contributed by atoms with Crippen LogP contribution in [-0.4, -0.2) is 39.7 Å². The van der Waals surface area contributed by atoms with Crippen molar-refractivity contribution in [2.24, 2.45) is 0 Å². The third kappa shape index (κ3) is 4.63. The summed E-state index contributed by atoms with van der Waals surface area (Å²) in [6, 6.07) is 11.4. The van der Waals surface area contributed by atoms with Crippen LogP contribution in [0, 0.1) is 0 Å². The van der Waals surface area contributed by atoms with Gasteiger partial charge in [-0.15, -0.1) is 0 Å². The zero-order chi connectivity index (χ0) is 20.0. The second-order valence-electron chi connectivity index (χ2n) is 5.56. The maximum absolute atomic E-state index is 13.1. The number of carbonyl (C=O) groups is 2. The van der Waals surface area contributed by atoms with Gasteiger partial charge in [0.15, 0.2) is 9.84 Å². The fraction of sp³-hybridized carbons (Fsp3) is 0.222.